The Kier molecular flexibility index (Phi) is 6.83. The number of carbonyl (C=O) groups excluding carboxylic acids is 1. The second-order valence-electron chi connectivity index (χ2n) is 7.22. The molecular weight excluding hydrogens is 454 g/mol. The molecular formula is C21H23N3O4S3. The van der Waals surface area contributed by atoms with Crippen LogP contribution in [0.5, 0.6) is 0 Å². The predicted octanol–water partition coefficient (Wildman–Crippen LogP) is 3.57. The Bertz CT molecular complexity index is 1160. The van der Waals surface area contributed by atoms with Gasteiger partial charge in [-0.05, 0) is 50.1 Å². The standard InChI is InChI=1S/C21H23N3O4S3/c1-14-24-19(13-29-14)20-8-7-17(30-20)12-22-21(25)15-4-2-6-18(10-15)31(26,27)23-11-16-5-3-9-28-16/h2,4,6-8,10,13,16,23H,3,5,9,11-12H2,1H3,(H,22,25)/t16-/m0/s1. The van der Waals surface area contributed by atoms with Crippen molar-refractivity contribution >= 4 is 38.6 Å². The molecule has 1 aliphatic rings. The Morgan fingerprint density at radius 2 is 2.16 bits per heavy atom. The van der Waals surface area contributed by atoms with Gasteiger partial charge in [-0.2, -0.15) is 0 Å². The van der Waals surface area contributed by atoms with E-state index in [9.17, 15) is 13.2 Å². The number of aryl methyl sites for hydroxylation is 1. The van der Waals surface area contributed by atoms with Crippen LogP contribution in [0.15, 0.2) is 46.7 Å². The number of nitrogens with zero attached hydrogens (tertiary/aromatic N) is 1. The summed E-state index contributed by atoms with van der Waals surface area (Å²) in [5.74, 6) is -0.323. The SMILES string of the molecule is Cc1nc(-c2ccc(CNC(=O)c3cccc(S(=O)(=O)NC[C@@H]4CCCO4)c3)s2)cs1. The number of nitrogens with one attached hydrogen (secondary N) is 2. The molecule has 0 saturated carbocycles. The number of sulfonamides is 1. The number of hydrogen-bond donors (Lipinski definition) is 2. The van der Waals surface area contributed by atoms with E-state index in [-0.39, 0.29) is 23.5 Å². The molecule has 0 bridgehead atoms. The lowest BCUT2D eigenvalue weighted by atomic mass is 10.2. The van der Waals surface area contributed by atoms with E-state index >= 15 is 0 Å². The average molecular weight is 478 g/mol. The third-order valence-corrected chi connectivity index (χ3v) is 8.19. The molecule has 1 aliphatic heterocycles. The fourth-order valence-corrected chi connectivity index (χ4v) is 5.96. The van der Waals surface area contributed by atoms with Gasteiger partial charge in [0, 0.05) is 29.0 Å². The number of benzene rings is 1. The molecule has 2 N–H and O–H groups in total. The minimum Gasteiger partial charge on any atom is -0.377 e. The van der Waals surface area contributed by atoms with E-state index in [0.717, 1.165) is 33.3 Å². The number of carbonyl (C=O) groups is 1. The van der Waals surface area contributed by atoms with Gasteiger partial charge < -0.3 is 10.1 Å². The number of ether oxygens (including phenoxy) is 1. The molecule has 3 aromatic rings. The molecule has 0 unspecified atom stereocenters. The summed E-state index contributed by atoms with van der Waals surface area (Å²) in [5.41, 5.74) is 1.24. The molecule has 1 aromatic carbocycles. The van der Waals surface area contributed by atoms with Gasteiger partial charge in [0.2, 0.25) is 10.0 Å². The van der Waals surface area contributed by atoms with Crippen LogP contribution >= 0.6 is 22.7 Å². The van der Waals surface area contributed by atoms with Crippen molar-refractivity contribution in [2.24, 2.45) is 0 Å². The predicted molar refractivity (Wildman–Crippen MR) is 122 cm³/mol. The van der Waals surface area contributed by atoms with Gasteiger partial charge in [0.15, 0.2) is 0 Å². The zero-order valence-corrected chi connectivity index (χ0v) is 19.4. The van der Waals surface area contributed by atoms with E-state index in [4.69, 9.17) is 4.74 Å². The van der Waals surface area contributed by atoms with Crippen molar-refractivity contribution in [3.05, 3.63) is 57.2 Å². The van der Waals surface area contributed by atoms with Crippen LogP contribution in [-0.4, -0.2) is 38.6 Å². The third kappa shape index (κ3) is 5.58. The van der Waals surface area contributed by atoms with Crippen LogP contribution in [0, 0.1) is 6.92 Å². The quantitative estimate of drug-likeness (QED) is 0.517. The molecule has 0 aliphatic carbocycles. The summed E-state index contributed by atoms with van der Waals surface area (Å²) in [7, 11) is -3.71. The molecule has 3 heterocycles. The largest absolute Gasteiger partial charge is 0.377 e. The first kappa shape index (κ1) is 22.1. The van der Waals surface area contributed by atoms with E-state index in [2.05, 4.69) is 15.0 Å². The first-order valence-corrected chi connectivity index (χ1v) is 13.1. The Morgan fingerprint density at radius 1 is 1.29 bits per heavy atom. The van der Waals surface area contributed by atoms with Crippen LogP contribution in [0.2, 0.25) is 0 Å². The summed E-state index contributed by atoms with van der Waals surface area (Å²) in [5, 5.41) is 5.89. The van der Waals surface area contributed by atoms with Gasteiger partial charge in [-0.1, -0.05) is 6.07 Å². The van der Waals surface area contributed by atoms with Crippen molar-refractivity contribution in [1.82, 2.24) is 15.0 Å². The van der Waals surface area contributed by atoms with Crippen LogP contribution in [0.3, 0.4) is 0 Å². The van der Waals surface area contributed by atoms with Gasteiger partial charge in [0.1, 0.15) is 0 Å². The molecule has 0 radical (unpaired) electrons. The maximum Gasteiger partial charge on any atom is 0.251 e. The second kappa shape index (κ2) is 9.58. The highest BCUT2D eigenvalue weighted by Crippen LogP contribution is 2.29. The minimum absolute atomic E-state index is 0.0652. The van der Waals surface area contributed by atoms with Gasteiger partial charge in [0.25, 0.3) is 5.91 Å². The topological polar surface area (TPSA) is 97.4 Å². The van der Waals surface area contributed by atoms with Crippen LogP contribution in [0.4, 0.5) is 0 Å². The van der Waals surface area contributed by atoms with Crippen LogP contribution < -0.4 is 10.0 Å². The van der Waals surface area contributed by atoms with Gasteiger partial charge in [-0.15, -0.1) is 22.7 Å². The lowest BCUT2D eigenvalue weighted by molar-refractivity contribution is 0.0951. The molecule has 2 aromatic heterocycles. The first-order chi connectivity index (χ1) is 14.9. The summed E-state index contributed by atoms with van der Waals surface area (Å²) in [6.07, 6.45) is 1.69. The molecule has 0 spiro atoms. The van der Waals surface area contributed by atoms with Crippen molar-refractivity contribution in [3.8, 4) is 10.6 Å². The third-order valence-electron chi connectivity index (χ3n) is 4.89. The molecule has 1 amide bonds. The summed E-state index contributed by atoms with van der Waals surface area (Å²) in [6.45, 7) is 3.23. The zero-order valence-electron chi connectivity index (χ0n) is 17.0. The first-order valence-electron chi connectivity index (χ1n) is 9.91. The Labute approximate surface area is 189 Å². The van der Waals surface area contributed by atoms with Crippen molar-refractivity contribution in [2.75, 3.05) is 13.2 Å². The van der Waals surface area contributed by atoms with Crippen LogP contribution in [-0.2, 0) is 21.3 Å². The van der Waals surface area contributed by atoms with Crippen molar-refractivity contribution in [2.45, 2.75) is 37.3 Å². The van der Waals surface area contributed by atoms with Crippen molar-refractivity contribution in [3.63, 3.8) is 0 Å². The average Bonchev–Trinajstić information content (AvgIpc) is 3.52. The van der Waals surface area contributed by atoms with E-state index in [1.807, 2.05) is 24.4 Å². The highest BCUT2D eigenvalue weighted by molar-refractivity contribution is 7.89. The molecule has 1 saturated heterocycles. The minimum atomic E-state index is -3.71. The van der Waals surface area contributed by atoms with E-state index in [1.54, 1.807) is 34.8 Å². The lowest BCUT2D eigenvalue weighted by Gasteiger charge is -2.12. The van der Waals surface area contributed by atoms with Crippen LogP contribution in [0.1, 0.15) is 33.1 Å². The number of rotatable bonds is 8. The number of amides is 1. The molecule has 31 heavy (non-hydrogen) atoms. The van der Waals surface area contributed by atoms with E-state index < -0.39 is 10.0 Å². The molecule has 1 atom stereocenters. The fourth-order valence-electron chi connectivity index (χ4n) is 3.25. The number of thiophene rings is 1. The maximum atomic E-state index is 12.6. The Morgan fingerprint density at radius 3 is 2.90 bits per heavy atom. The Hall–Kier alpha value is -2.11. The second-order valence-corrected chi connectivity index (χ2v) is 11.2. The van der Waals surface area contributed by atoms with Gasteiger partial charge in [-0.25, -0.2) is 18.1 Å². The van der Waals surface area contributed by atoms with Crippen molar-refractivity contribution < 1.29 is 17.9 Å². The monoisotopic (exact) mass is 477 g/mol. The fraction of sp³-hybridized carbons (Fsp3) is 0.333. The number of thiazole rings is 1. The van der Waals surface area contributed by atoms with Crippen molar-refractivity contribution in [1.29, 1.82) is 0 Å². The van der Waals surface area contributed by atoms with Gasteiger partial charge >= 0.3 is 0 Å². The highest BCUT2D eigenvalue weighted by Gasteiger charge is 2.21. The number of aromatic nitrogens is 1. The highest BCUT2D eigenvalue weighted by atomic mass is 32.2. The van der Waals surface area contributed by atoms with Gasteiger partial charge in [0.05, 0.1) is 33.1 Å². The lowest BCUT2D eigenvalue weighted by Crippen LogP contribution is -2.32. The normalized spacial score (nSPS) is 16.5. The molecule has 4 rings (SSSR count). The smallest absolute Gasteiger partial charge is 0.251 e. The molecule has 10 heteroatoms. The van der Waals surface area contributed by atoms with E-state index in [0.29, 0.717) is 18.7 Å². The van der Waals surface area contributed by atoms with Crippen LogP contribution in [0.25, 0.3) is 10.6 Å². The zero-order chi connectivity index (χ0) is 21.8. The summed E-state index contributed by atoms with van der Waals surface area (Å²) >= 11 is 3.18. The van der Waals surface area contributed by atoms with E-state index in [1.165, 1.54) is 12.1 Å². The summed E-state index contributed by atoms with van der Waals surface area (Å²) in [4.78, 5) is 19.2. The molecule has 7 nitrogen and oxygen atoms in total. The number of hydrogen-bond acceptors (Lipinski definition) is 7. The molecule has 164 valence electrons. The molecule has 1 fully saturated rings. The maximum absolute atomic E-state index is 12.6. The summed E-state index contributed by atoms with van der Waals surface area (Å²) in [6, 6.07) is 10.0. The summed E-state index contributed by atoms with van der Waals surface area (Å²) < 4.78 is 33.2. The van der Waals surface area contributed by atoms with Gasteiger partial charge in [-0.3, -0.25) is 4.79 Å². The Balaban J connectivity index is 1.37.